The minimum Gasteiger partial charge on any atom is -0.493 e. The highest BCUT2D eigenvalue weighted by molar-refractivity contribution is 5.95. The van der Waals surface area contributed by atoms with Crippen molar-refractivity contribution in [3.8, 4) is 17.2 Å². The second-order valence-corrected chi connectivity index (χ2v) is 6.27. The van der Waals surface area contributed by atoms with Crippen LogP contribution >= 0.6 is 0 Å². The number of methoxy groups -OCH3 is 3. The molecule has 1 amide bonds. The molecular weight excluding hydrogens is 332 g/mol. The Labute approximate surface area is 153 Å². The van der Waals surface area contributed by atoms with Crippen molar-refractivity contribution >= 4 is 17.3 Å². The fourth-order valence-electron chi connectivity index (χ4n) is 3.38. The minimum absolute atomic E-state index is 0.0946. The van der Waals surface area contributed by atoms with Crippen molar-refractivity contribution in [1.82, 2.24) is 0 Å². The quantitative estimate of drug-likeness (QED) is 0.862. The molecule has 1 aliphatic rings. The molecule has 26 heavy (non-hydrogen) atoms. The topological polar surface area (TPSA) is 60.0 Å². The first-order valence-corrected chi connectivity index (χ1v) is 8.51. The van der Waals surface area contributed by atoms with Gasteiger partial charge >= 0.3 is 0 Å². The molecule has 138 valence electrons. The summed E-state index contributed by atoms with van der Waals surface area (Å²) < 4.78 is 16.0. The lowest BCUT2D eigenvalue weighted by Gasteiger charge is -2.24. The van der Waals surface area contributed by atoms with Crippen LogP contribution in [0.2, 0.25) is 0 Å². The number of hydrogen-bond acceptors (Lipinski definition) is 5. The van der Waals surface area contributed by atoms with Crippen LogP contribution in [0.5, 0.6) is 17.2 Å². The van der Waals surface area contributed by atoms with Crippen molar-refractivity contribution in [2.75, 3.05) is 38.1 Å². The highest BCUT2D eigenvalue weighted by Crippen LogP contribution is 2.40. The zero-order valence-electron chi connectivity index (χ0n) is 15.5. The van der Waals surface area contributed by atoms with Gasteiger partial charge in [-0.1, -0.05) is 18.2 Å². The van der Waals surface area contributed by atoms with Crippen LogP contribution in [-0.2, 0) is 11.2 Å². The van der Waals surface area contributed by atoms with Gasteiger partial charge in [-0.3, -0.25) is 4.79 Å². The third-order valence-electron chi connectivity index (χ3n) is 4.61. The average Bonchev–Trinajstić information content (AvgIpc) is 2.96. The third kappa shape index (κ3) is 3.40. The van der Waals surface area contributed by atoms with Gasteiger partial charge in [0.1, 0.15) is 0 Å². The van der Waals surface area contributed by atoms with Crippen molar-refractivity contribution in [3.63, 3.8) is 0 Å². The predicted octanol–water partition coefficient (Wildman–Crippen LogP) is 3.10. The van der Waals surface area contributed by atoms with Crippen molar-refractivity contribution in [3.05, 3.63) is 42.0 Å². The fraction of sp³-hybridized carbons (Fsp3) is 0.350. The zero-order chi connectivity index (χ0) is 18.7. The normalized spacial score (nSPS) is 15.4. The molecule has 0 unspecified atom stereocenters. The molecule has 0 aliphatic carbocycles. The molecule has 2 aromatic carbocycles. The first-order valence-electron chi connectivity index (χ1n) is 8.51. The average molecular weight is 356 g/mol. The Hall–Kier alpha value is -2.89. The standard InChI is InChI=1S/C20H24N2O4/c1-13-9-14-7-5-6-8-16(14)22(13)12-19(23)21-15-10-17(24-2)20(26-4)18(11-15)25-3/h5-8,10-11,13H,9,12H2,1-4H3,(H,21,23)/t13-/m0/s1. The van der Waals surface area contributed by atoms with Gasteiger partial charge in [0, 0.05) is 29.5 Å². The maximum absolute atomic E-state index is 12.6. The second-order valence-electron chi connectivity index (χ2n) is 6.27. The van der Waals surface area contributed by atoms with E-state index in [1.165, 1.54) is 5.56 Å². The van der Waals surface area contributed by atoms with E-state index >= 15 is 0 Å². The van der Waals surface area contributed by atoms with Gasteiger partial charge in [-0.05, 0) is 25.0 Å². The first-order chi connectivity index (χ1) is 12.6. The Bertz CT molecular complexity index is 781. The number of carbonyl (C=O) groups is 1. The molecule has 0 fully saturated rings. The van der Waals surface area contributed by atoms with E-state index in [9.17, 15) is 4.79 Å². The second kappa shape index (κ2) is 7.56. The van der Waals surface area contributed by atoms with Crippen LogP contribution in [0, 0.1) is 0 Å². The molecule has 6 nitrogen and oxygen atoms in total. The van der Waals surface area contributed by atoms with Crippen molar-refractivity contribution < 1.29 is 19.0 Å². The molecular formula is C20H24N2O4. The number of ether oxygens (including phenoxy) is 3. The monoisotopic (exact) mass is 356 g/mol. The van der Waals surface area contributed by atoms with Crippen LogP contribution in [0.4, 0.5) is 11.4 Å². The Morgan fingerprint density at radius 1 is 1.12 bits per heavy atom. The van der Waals surface area contributed by atoms with Crippen LogP contribution in [0.1, 0.15) is 12.5 Å². The van der Waals surface area contributed by atoms with E-state index in [0.717, 1.165) is 12.1 Å². The summed E-state index contributed by atoms with van der Waals surface area (Å²) in [5.74, 6) is 1.40. The first kappa shape index (κ1) is 17.9. The van der Waals surface area contributed by atoms with Gasteiger partial charge in [-0.15, -0.1) is 0 Å². The van der Waals surface area contributed by atoms with E-state index < -0.39 is 0 Å². The van der Waals surface area contributed by atoms with Gasteiger partial charge in [0.25, 0.3) is 0 Å². The maximum atomic E-state index is 12.6. The minimum atomic E-state index is -0.0946. The fourth-order valence-corrected chi connectivity index (χ4v) is 3.38. The molecule has 0 radical (unpaired) electrons. The molecule has 1 heterocycles. The molecule has 0 saturated carbocycles. The lowest BCUT2D eigenvalue weighted by Crippen LogP contribution is -2.37. The number of hydrogen-bond donors (Lipinski definition) is 1. The lowest BCUT2D eigenvalue weighted by molar-refractivity contribution is -0.115. The highest BCUT2D eigenvalue weighted by atomic mass is 16.5. The van der Waals surface area contributed by atoms with Crippen LogP contribution in [0.3, 0.4) is 0 Å². The van der Waals surface area contributed by atoms with E-state index in [4.69, 9.17) is 14.2 Å². The molecule has 1 N–H and O–H groups in total. The summed E-state index contributed by atoms with van der Waals surface area (Å²) in [7, 11) is 4.64. The zero-order valence-corrected chi connectivity index (χ0v) is 15.5. The van der Waals surface area contributed by atoms with Gasteiger partial charge in [0.05, 0.1) is 27.9 Å². The molecule has 1 aliphatic heterocycles. The summed E-state index contributed by atoms with van der Waals surface area (Å²) in [5.41, 5.74) is 3.00. The van der Waals surface area contributed by atoms with E-state index in [2.05, 4.69) is 29.3 Å². The van der Waals surface area contributed by atoms with Gasteiger partial charge in [0.2, 0.25) is 11.7 Å². The van der Waals surface area contributed by atoms with Gasteiger partial charge in [-0.2, -0.15) is 0 Å². The van der Waals surface area contributed by atoms with Crippen LogP contribution in [0.15, 0.2) is 36.4 Å². The summed E-state index contributed by atoms with van der Waals surface area (Å²) in [5, 5.41) is 2.92. The number of benzene rings is 2. The summed E-state index contributed by atoms with van der Waals surface area (Å²) >= 11 is 0. The van der Waals surface area contributed by atoms with Crippen molar-refractivity contribution in [1.29, 1.82) is 0 Å². The third-order valence-corrected chi connectivity index (χ3v) is 4.61. The predicted molar refractivity (Wildman–Crippen MR) is 102 cm³/mol. The SMILES string of the molecule is COc1cc(NC(=O)CN2c3ccccc3C[C@@H]2C)cc(OC)c1OC. The number of anilines is 2. The Balaban J connectivity index is 1.76. The number of para-hydroxylation sites is 1. The number of fused-ring (bicyclic) bond motifs is 1. The van der Waals surface area contributed by atoms with Gasteiger partial charge in [-0.25, -0.2) is 0 Å². The highest BCUT2D eigenvalue weighted by Gasteiger charge is 2.27. The largest absolute Gasteiger partial charge is 0.493 e. The summed E-state index contributed by atoms with van der Waals surface area (Å²) in [6.45, 7) is 2.42. The molecule has 2 aromatic rings. The Kier molecular flexibility index (Phi) is 5.21. The Morgan fingerprint density at radius 2 is 1.77 bits per heavy atom. The van der Waals surface area contributed by atoms with Gasteiger partial charge in [0.15, 0.2) is 11.5 Å². The summed E-state index contributed by atoms with van der Waals surface area (Å²) in [4.78, 5) is 14.7. The van der Waals surface area contributed by atoms with Gasteiger partial charge < -0.3 is 24.4 Å². The van der Waals surface area contributed by atoms with Crippen LogP contribution in [-0.4, -0.2) is 39.8 Å². The van der Waals surface area contributed by atoms with E-state index in [1.807, 2.05) is 12.1 Å². The molecule has 0 saturated heterocycles. The maximum Gasteiger partial charge on any atom is 0.243 e. The number of amides is 1. The van der Waals surface area contributed by atoms with Crippen LogP contribution in [0.25, 0.3) is 0 Å². The number of carbonyl (C=O) groups excluding carboxylic acids is 1. The van der Waals surface area contributed by atoms with Crippen molar-refractivity contribution in [2.45, 2.75) is 19.4 Å². The number of rotatable bonds is 6. The molecule has 0 spiro atoms. The molecule has 0 bridgehead atoms. The molecule has 0 aromatic heterocycles. The number of nitrogens with one attached hydrogen (secondary N) is 1. The van der Waals surface area contributed by atoms with E-state index in [-0.39, 0.29) is 18.5 Å². The molecule has 6 heteroatoms. The Morgan fingerprint density at radius 3 is 2.38 bits per heavy atom. The smallest absolute Gasteiger partial charge is 0.243 e. The van der Waals surface area contributed by atoms with E-state index in [0.29, 0.717) is 22.9 Å². The number of nitrogens with zero attached hydrogens (tertiary/aromatic N) is 1. The summed E-state index contributed by atoms with van der Waals surface area (Å²) in [6.07, 6.45) is 0.952. The summed E-state index contributed by atoms with van der Waals surface area (Å²) in [6, 6.07) is 11.9. The molecule has 1 atom stereocenters. The lowest BCUT2D eigenvalue weighted by atomic mass is 10.1. The molecule has 3 rings (SSSR count). The van der Waals surface area contributed by atoms with E-state index in [1.54, 1.807) is 33.5 Å². The van der Waals surface area contributed by atoms with Crippen molar-refractivity contribution in [2.24, 2.45) is 0 Å². The van der Waals surface area contributed by atoms with Crippen LogP contribution < -0.4 is 24.4 Å².